The third-order valence-corrected chi connectivity index (χ3v) is 8.00. The maximum absolute atomic E-state index is 13.0. The standard InChI is InChI=1S/C36H37Cl2NO8/c1-22-7-10-27-33(29-20-30(38)31(41)21-32(29)47-34(27)25(22)11-8-23(2)40)26-12-9-24(19-28(26)36(43)44)35(42)39-14-16-46-18-17-45-15-6-4-3-5-13-37/h7-12,19-21,41H,1,3-6,13-18H2,2H3,(H,39,42)(H,43,44)/b11-8-. The number of hydrogen-bond acceptors (Lipinski definition) is 7. The second kappa shape index (κ2) is 17.1. The van der Waals surface area contributed by atoms with Crippen LogP contribution in [0, 0.1) is 0 Å². The molecule has 0 aliphatic carbocycles. The molecule has 0 saturated heterocycles. The van der Waals surface area contributed by atoms with Crippen LogP contribution in [-0.4, -0.2) is 66.7 Å². The Labute approximate surface area is 283 Å². The number of ketones is 1. The van der Waals surface area contributed by atoms with Crippen LogP contribution in [0.1, 0.15) is 70.0 Å². The first kappa shape index (κ1) is 35.7. The lowest BCUT2D eigenvalue weighted by Crippen LogP contribution is -2.28. The number of phenolic OH excluding ortho intramolecular Hbond substituents is 1. The average Bonchev–Trinajstić information content (AvgIpc) is 3.04. The zero-order valence-corrected chi connectivity index (χ0v) is 27.6. The SMILES string of the molecule is C=c1ccc2c(c1/C=C\C(C)=O)Oc1cc(O)c(Cl)cc1C=2c1ccc(C(=O)NCCOCCOCCCCCCCl)cc1C(=O)O. The number of alkyl halides is 1. The van der Waals surface area contributed by atoms with Gasteiger partial charge in [0, 0.05) is 52.6 Å². The number of aromatic hydroxyl groups is 1. The molecule has 0 saturated carbocycles. The third kappa shape index (κ3) is 9.23. The van der Waals surface area contributed by atoms with E-state index in [1.165, 1.54) is 37.3 Å². The van der Waals surface area contributed by atoms with Crippen molar-refractivity contribution in [3.05, 3.63) is 91.8 Å². The molecule has 0 atom stereocenters. The van der Waals surface area contributed by atoms with Crippen LogP contribution < -0.4 is 20.5 Å². The number of ether oxygens (including phenoxy) is 3. The Morgan fingerprint density at radius 1 is 0.957 bits per heavy atom. The normalized spacial score (nSPS) is 12.0. The number of hydrogen-bond donors (Lipinski definition) is 3. The maximum Gasteiger partial charge on any atom is 0.336 e. The minimum atomic E-state index is -1.26. The molecule has 0 fully saturated rings. The number of fused-ring (bicyclic) bond motifs is 2. The lowest BCUT2D eigenvalue weighted by atomic mass is 9.88. The second-order valence-electron chi connectivity index (χ2n) is 10.9. The lowest BCUT2D eigenvalue weighted by molar-refractivity contribution is -0.112. The molecule has 248 valence electrons. The predicted molar refractivity (Wildman–Crippen MR) is 182 cm³/mol. The predicted octanol–water partition coefficient (Wildman–Crippen LogP) is 5.67. The Hall–Kier alpha value is -4.15. The van der Waals surface area contributed by atoms with E-state index in [9.17, 15) is 24.6 Å². The highest BCUT2D eigenvalue weighted by molar-refractivity contribution is 6.32. The minimum Gasteiger partial charge on any atom is -0.506 e. The number of allylic oxidation sites excluding steroid dienone is 1. The van der Waals surface area contributed by atoms with E-state index in [0.717, 1.165) is 25.7 Å². The van der Waals surface area contributed by atoms with Gasteiger partial charge in [-0.2, -0.15) is 0 Å². The number of benzene rings is 3. The fourth-order valence-electron chi connectivity index (χ4n) is 5.09. The number of carboxylic acids is 1. The topological polar surface area (TPSA) is 131 Å². The molecule has 1 aliphatic heterocycles. The maximum atomic E-state index is 13.0. The van der Waals surface area contributed by atoms with Crippen LogP contribution in [0.4, 0.5) is 0 Å². The quantitative estimate of drug-likeness (QED) is 0.0738. The van der Waals surface area contributed by atoms with Gasteiger partial charge in [0.1, 0.15) is 17.2 Å². The van der Waals surface area contributed by atoms with Gasteiger partial charge in [0.25, 0.3) is 5.91 Å². The summed E-state index contributed by atoms with van der Waals surface area (Å²) in [7, 11) is 0. The number of aromatic carboxylic acids is 1. The van der Waals surface area contributed by atoms with Crippen molar-refractivity contribution in [3.63, 3.8) is 0 Å². The number of halogens is 2. The van der Waals surface area contributed by atoms with Crippen molar-refractivity contribution >= 4 is 59.1 Å². The van der Waals surface area contributed by atoms with E-state index in [1.54, 1.807) is 24.3 Å². The van der Waals surface area contributed by atoms with Gasteiger partial charge >= 0.3 is 5.97 Å². The van der Waals surface area contributed by atoms with Gasteiger partial charge in [-0.25, -0.2) is 4.79 Å². The number of carbonyl (C=O) groups is 3. The molecule has 1 heterocycles. The van der Waals surface area contributed by atoms with Crippen LogP contribution in [0.25, 0.3) is 18.2 Å². The number of amides is 1. The van der Waals surface area contributed by atoms with Gasteiger partial charge in [0.15, 0.2) is 5.78 Å². The summed E-state index contributed by atoms with van der Waals surface area (Å²) in [5.41, 5.74) is 1.71. The summed E-state index contributed by atoms with van der Waals surface area (Å²) in [6.07, 6.45) is 7.12. The molecule has 1 amide bonds. The molecule has 1 aliphatic rings. The monoisotopic (exact) mass is 681 g/mol. The van der Waals surface area contributed by atoms with Crippen LogP contribution in [0.2, 0.25) is 5.02 Å². The van der Waals surface area contributed by atoms with E-state index in [-0.39, 0.29) is 46.6 Å². The molecule has 11 heteroatoms. The highest BCUT2D eigenvalue weighted by atomic mass is 35.5. The van der Waals surface area contributed by atoms with Gasteiger partial charge in [-0.3, -0.25) is 9.59 Å². The first-order chi connectivity index (χ1) is 22.6. The first-order valence-corrected chi connectivity index (χ1v) is 16.2. The van der Waals surface area contributed by atoms with E-state index in [2.05, 4.69) is 11.9 Å². The molecule has 0 radical (unpaired) electrons. The van der Waals surface area contributed by atoms with Crippen LogP contribution in [0.5, 0.6) is 17.2 Å². The van der Waals surface area contributed by atoms with Gasteiger partial charge in [0.2, 0.25) is 0 Å². The van der Waals surface area contributed by atoms with Crippen molar-refractivity contribution in [2.45, 2.75) is 32.6 Å². The highest BCUT2D eigenvalue weighted by Gasteiger charge is 2.27. The van der Waals surface area contributed by atoms with E-state index in [1.807, 2.05) is 0 Å². The zero-order valence-electron chi connectivity index (χ0n) is 26.1. The van der Waals surface area contributed by atoms with Crippen molar-refractivity contribution in [2.75, 3.05) is 38.9 Å². The molecule has 3 aromatic rings. The van der Waals surface area contributed by atoms with Crippen molar-refractivity contribution in [1.82, 2.24) is 5.32 Å². The van der Waals surface area contributed by atoms with Crippen LogP contribution in [0.3, 0.4) is 0 Å². The molecular formula is C36H37Cl2NO8. The Morgan fingerprint density at radius 3 is 2.43 bits per heavy atom. The van der Waals surface area contributed by atoms with E-state index < -0.39 is 11.9 Å². The van der Waals surface area contributed by atoms with Crippen molar-refractivity contribution in [2.24, 2.45) is 0 Å². The van der Waals surface area contributed by atoms with Gasteiger partial charge in [-0.1, -0.05) is 43.2 Å². The zero-order chi connectivity index (χ0) is 33.9. The summed E-state index contributed by atoms with van der Waals surface area (Å²) in [6, 6.07) is 10.7. The largest absolute Gasteiger partial charge is 0.506 e. The fourth-order valence-corrected chi connectivity index (χ4v) is 5.44. The van der Waals surface area contributed by atoms with E-state index >= 15 is 0 Å². The fraction of sp³-hybridized carbons (Fsp3) is 0.306. The summed E-state index contributed by atoms with van der Waals surface area (Å²) in [5, 5.41) is 24.5. The first-order valence-electron chi connectivity index (χ1n) is 15.2. The number of unbranched alkanes of at least 4 members (excludes halogenated alkanes) is 3. The number of carbonyl (C=O) groups excluding carboxylic acids is 2. The number of rotatable bonds is 17. The molecule has 0 spiro atoms. The summed E-state index contributed by atoms with van der Waals surface area (Å²) < 4.78 is 17.3. The van der Waals surface area contributed by atoms with Gasteiger partial charge < -0.3 is 29.7 Å². The smallest absolute Gasteiger partial charge is 0.336 e. The Morgan fingerprint density at radius 2 is 1.70 bits per heavy atom. The Balaban J connectivity index is 1.57. The molecular weight excluding hydrogens is 645 g/mol. The van der Waals surface area contributed by atoms with Crippen molar-refractivity contribution < 1.29 is 38.8 Å². The molecule has 0 unspecified atom stereocenters. The van der Waals surface area contributed by atoms with Gasteiger partial charge in [-0.05, 0) is 67.0 Å². The average molecular weight is 683 g/mol. The van der Waals surface area contributed by atoms with Crippen LogP contribution in [-0.2, 0) is 14.3 Å². The molecule has 47 heavy (non-hydrogen) atoms. The summed E-state index contributed by atoms with van der Waals surface area (Å²) >= 11 is 12.0. The summed E-state index contributed by atoms with van der Waals surface area (Å²) in [5.74, 6) is -0.895. The number of nitrogens with one attached hydrogen (secondary N) is 1. The molecule has 0 bridgehead atoms. The van der Waals surface area contributed by atoms with Crippen LogP contribution in [0.15, 0.2) is 48.5 Å². The molecule has 9 nitrogen and oxygen atoms in total. The Kier molecular flexibility index (Phi) is 13.0. The molecule has 0 aromatic heterocycles. The lowest BCUT2D eigenvalue weighted by Gasteiger charge is -2.24. The minimum absolute atomic E-state index is 0.0403. The highest BCUT2D eigenvalue weighted by Crippen LogP contribution is 2.42. The summed E-state index contributed by atoms with van der Waals surface area (Å²) in [4.78, 5) is 37.3. The van der Waals surface area contributed by atoms with Gasteiger partial charge in [-0.15, -0.1) is 11.6 Å². The van der Waals surface area contributed by atoms with E-state index in [0.29, 0.717) is 64.2 Å². The van der Waals surface area contributed by atoms with Crippen molar-refractivity contribution in [1.29, 1.82) is 0 Å². The number of phenols is 1. The third-order valence-electron chi connectivity index (χ3n) is 7.43. The summed E-state index contributed by atoms with van der Waals surface area (Å²) in [6.45, 7) is 7.47. The second-order valence-corrected chi connectivity index (χ2v) is 11.7. The van der Waals surface area contributed by atoms with E-state index in [4.69, 9.17) is 37.4 Å². The van der Waals surface area contributed by atoms with Gasteiger partial charge in [0.05, 0.1) is 30.4 Å². The van der Waals surface area contributed by atoms with Crippen LogP contribution >= 0.6 is 23.2 Å². The molecule has 3 aromatic carbocycles. The molecule has 4 rings (SSSR count). The molecule has 3 N–H and O–H groups in total. The Bertz CT molecular complexity index is 1790. The number of carboxylic acid groups (broad SMARTS) is 1. The van der Waals surface area contributed by atoms with Crippen molar-refractivity contribution in [3.8, 4) is 17.2 Å².